The zero-order valence-electron chi connectivity index (χ0n) is 5.96. The standard InChI is InChI=1S/C8H10O2/c1-3-4-5-8-7(2)9-6-10-8/h3-5H,1,6H2,2H3/b5-4-. The molecule has 0 aromatic carbocycles. The highest BCUT2D eigenvalue weighted by Gasteiger charge is 2.08. The van der Waals surface area contributed by atoms with E-state index in [2.05, 4.69) is 6.58 Å². The Kier molecular flexibility index (Phi) is 2.15. The van der Waals surface area contributed by atoms with Crippen LogP contribution in [0.5, 0.6) is 0 Å². The van der Waals surface area contributed by atoms with Gasteiger partial charge < -0.3 is 9.47 Å². The summed E-state index contributed by atoms with van der Waals surface area (Å²) in [7, 11) is 0. The maximum atomic E-state index is 5.09. The van der Waals surface area contributed by atoms with Gasteiger partial charge in [0, 0.05) is 0 Å². The van der Waals surface area contributed by atoms with Crippen molar-refractivity contribution in [2.24, 2.45) is 0 Å². The monoisotopic (exact) mass is 138 g/mol. The average Bonchev–Trinajstić information content (AvgIpc) is 2.31. The molecule has 1 heterocycles. The van der Waals surface area contributed by atoms with E-state index in [0.717, 1.165) is 11.5 Å². The Morgan fingerprint density at radius 1 is 1.50 bits per heavy atom. The van der Waals surface area contributed by atoms with Gasteiger partial charge in [0.15, 0.2) is 5.76 Å². The maximum absolute atomic E-state index is 5.09. The summed E-state index contributed by atoms with van der Waals surface area (Å²) < 4.78 is 10.1. The highest BCUT2D eigenvalue weighted by Crippen LogP contribution is 2.15. The number of allylic oxidation sites excluding steroid dienone is 4. The molecular weight excluding hydrogens is 128 g/mol. The fraction of sp³-hybridized carbons (Fsp3) is 0.250. The predicted molar refractivity (Wildman–Crippen MR) is 39.1 cm³/mol. The van der Waals surface area contributed by atoms with Gasteiger partial charge in [-0.2, -0.15) is 0 Å². The molecule has 0 unspecified atom stereocenters. The van der Waals surface area contributed by atoms with E-state index in [9.17, 15) is 0 Å². The number of ether oxygens (including phenoxy) is 2. The smallest absolute Gasteiger partial charge is 0.230 e. The lowest BCUT2D eigenvalue weighted by atomic mass is 10.4. The third-order valence-corrected chi connectivity index (χ3v) is 1.22. The Hall–Kier alpha value is -1.18. The Morgan fingerprint density at radius 2 is 2.30 bits per heavy atom. The third kappa shape index (κ3) is 1.41. The molecule has 0 aliphatic carbocycles. The lowest BCUT2D eigenvalue weighted by molar-refractivity contribution is 0.0750. The first-order chi connectivity index (χ1) is 4.84. The first-order valence-electron chi connectivity index (χ1n) is 3.10. The molecule has 0 bridgehead atoms. The summed E-state index contributed by atoms with van der Waals surface area (Å²) in [5.41, 5.74) is 0. The topological polar surface area (TPSA) is 18.5 Å². The first-order valence-corrected chi connectivity index (χ1v) is 3.10. The molecule has 0 aromatic rings. The number of hydrogen-bond acceptors (Lipinski definition) is 2. The van der Waals surface area contributed by atoms with E-state index in [0.29, 0.717) is 6.79 Å². The van der Waals surface area contributed by atoms with Crippen LogP contribution in [0.25, 0.3) is 0 Å². The van der Waals surface area contributed by atoms with Crippen molar-refractivity contribution >= 4 is 0 Å². The van der Waals surface area contributed by atoms with Gasteiger partial charge in [0.05, 0.1) is 0 Å². The molecule has 2 nitrogen and oxygen atoms in total. The molecule has 0 radical (unpaired) electrons. The fourth-order valence-electron chi connectivity index (χ4n) is 0.675. The first kappa shape index (κ1) is 6.93. The van der Waals surface area contributed by atoms with Crippen molar-refractivity contribution in [2.45, 2.75) is 6.92 Å². The summed E-state index contributed by atoms with van der Waals surface area (Å²) in [5, 5.41) is 0. The van der Waals surface area contributed by atoms with Crippen molar-refractivity contribution < 1.29 is 9.47 Å². The van der Waals surface area contributed by atoms with Crippen LogP contribution in [0.2, 0.25) is 0 Å². The minimum absolute atomic E-state index is 0.336. The normalized spacial score (nSPS) is 17.3. The maximum Gasteiger partial charge on any atom is 0.230 e. The van der Waals surface area contributed by atoms with Crippen LogP contribution in [0.4, 0.5) is 0 Å². The van der Waals surface area contributed by atoms with Crippen LogP contribution in [0.3, 0.4) is 0 Å². The minimum atomic E-state index is 0.336. The van der Waals surface area contributed by atoms with Gasteiger partial charge in [0.25, 0.3) is 0 Å². The zero-order chi connectivity index (χ0) is 7.40. The van der Waals surface area contributed by atoms with Crippen LogP contribution >= 0.6 is 0 Å². The molecule has 0 saturated carbocycles. The van der Waals surface area contributed by atoms with Crippen LogP contribution in [0.1, 0.15) is 6.92 Å². The Bertz CT molecular complexity index is 189. The van der Waals surface area contributed by atoms with E-state index in [1.165, 1.54) is 0 Å². The van der Waals surface area contributed by atoms with Gasteiger partial charge in [0.2, 0.25) is 6.79 Å². The van der Waals surface area contributed by atoms with Crippen molar-refractivity contribution in [2.75, 3.05) is 6.79 Å². The molecule has 0 amide bonds. The van der Waals surface area contributed by atoms with Gasteiger partial charge >= 0.3 is 0 Å². The Labute approximate surface area is 60.4 Å². The van der Waals surface area contributed by atoms with E-state index in [-0.39, 0.29) is 0 Å². The molecule has 0 spiro atoms. The molecule has 2 heteroatoms. The summed E-state index contributed by atoms with van der Waals surface area (Å²) in [5.74, 6) is 1.62. The lowest BCUT2D eigenvalue weighted by Crippen LogP contribution is -1.80. The van der Waals surface area contributed by atoms with Crippen molar-refractivity contribution in [1.82, 2.24) is 0 Å². The lowest BCUT2D eigenvalue weighted by Gasteiger charge is -1.89. The molecule has 0 saturated heterocycles. The summed E-state index contributed by atoms with van der Waals surface area (Å²) in [6, 6.07) is 0. The second-order valence-corrected chi connectivity index (χ2v) is 1.92. The fourth-order valence-corrected chi connectivity index (χ4v) is 0.675. The van der Waals surface area contributed by atoms with E-state index in [1.807, 2.05) is 19.1 Å². The second kappa shape index (κ2) is 3.11. The van der Waals surface area contributed by atoms with Gasteiger partial charge in [0.1, 0.15) is 5.76 Å². The quantitative estimate of drug-likeness (QED) is 0.543. The molecule has 0 N–H and O–H groups in total. The van der Waals surface area contributed by atoms with Gasteiger partial charge in [-0.1, -0.05) is 18.7 Å². The summed E-state index contributed by atoms with van der Waals surface area (Å²) in [4.78, 5) is 0. The molecule has 1 aliphatic rings. The van der Waals surface area contributed by atoms with Crippen molar-refractivity contribution in [3.63, 3.8) is 0 Å². The van der Waals surface area contributed by atoms with E-state index in [1.54, 1.807) is 6.08 Å². The third-order valence-electron chi connectivity index (χ3n) is 1.22. The van der Waals surface area contributed by atoms with Crippen LogP contribution in [0.15, 0.2) is 36.3 Å². The van der Waals surface area contributed by atoms with E-state index >= 15 is 0 Å². The summed E-state index contributed by atoms with van der Waals surface area (Å²) in [6.45, 7) is 5.75. The average molecular weight is 138 g/mol. The molecule has 1 rings (SSSR count). The van der Waals surface area contributed by atoms with E-state index < -0.39 is 0 Å². The second-order valence-electron chi connectivity index (χ2n) is 1.92. The van der Waals surface area contributed by atoms with Gasteiger partial charge in [-0.05, 0) is 13.0 Å². The van der Waals surface area contributed by atoms with Gasteiger partial charge in [-0.25, -0.2) is 0 Å². The molecule has 1 aliphatic heterocycles. The highest BCUT2D eigenvalue weighted by molar-refractivity contribution is 5.19. The molecular formula is C8H10O2. The summed E-state index contributed by atoms with van der Waals surface area (Å²) >= 11 is 0. The molecule has 0 fully saturated rings. The van der Waals surface area contributed by atoms with Crippen molar-refractivity contribution in [3.8, 4) is 0 Å². The SMILES string of the molecule is C=C/C=C\C1=C(C)OCO1. The van der Waals surface area contributed by atoms with E-state index in [4.69, 9.17) is 9.47 Å². The zero-order valence-corrected chi connectivity index (χ0v) is 5.96. The van der Waals surface area contributed by atoms with Crippen LogP contribution in [-0.2, 0) is 9.47 Å². The van der Waals surface area contributed by atoms with Gasteiger partial charge in [-0.3, -0.25) is 0 Å². The molecule has 10 heavy (non-hydrogen) atoms. The van der Waals surface area contributed by atoms with Crippen LogP contribution in [0, 0.1) is 0 Å². The number of rotatable bonds is 2. The van der Waals surface area contributed by atoms with Crippen molar-refractivity contribution in [3.05, 3.63) is 36.3 Å². The highest BCUT2D eigenvalue weighted by atomic mass is 16.7. The molecule has 54 valence electrons. The predicted octanol–water partition coefficient (Wildman–Crippen LogP) is 1.96. The van der Waals surface area contributed by atoms with Gasteiger partial charge in [-0.15, -0.1) is 0 Å². The van der Waals surface area contributed by atoms with Crippen molar-refractivity contribution in [1.29, 1.82) is 0 Å². The Morgan fingerprint density at radius 3 is 2.80 bits per heavy atom. The van der Waals surface area contributed by atoms with Crippen LogP contribution < -0.4 is 0 Å². The minimum Gasteiger partial charge on any atom is -0.458 e. The Balaban J connectivity index is 2.62. The number of hydrogen-bond donors (Lipinski definition) is 0. The molecule has 0 aromatic heterocycles. The van der Waals surface area contributed by atoms with Crippen LogP contribution in [-0.4, -0.2) is 6.79 Å². The largest absolute Gasteiger partial charge is 0.458 e. The molecule has 0 atom stereocenters. The summed E-state index contributed by atoms with van der Waals surface area (Å²) in [6.07, 6.45) is 5.34.